The lowest BCUT2D eigenvalue weighted by Crippen LogP contribution is -2.71. The van der Waals surface area contributed by atoms with Crippen LogP contribution in [0.5, 0.6) is 0 Å². The van der Waals surface area contributed by atoms with Crippen LogP contribution in [0.25, 0.3) is 0 Å². The van der Waals surface area contributed by atoms with Gasteiger partial charge in [-0.25, -0.2) is 8.98 Å². The Bertz CT molecular complexity index is 1810. The van der Waals surface area contributed by atoms with Crippen molar-refractivity contribution < 1.29 is 134 Å². The summed E-state index contributed by atoms with van der Waals surface area (Å²) >= 11 is 0. The van der Waals surface area contributed by atoms with E-state index in [1.165, 1.54) is 6.92 Å². The standard InChI is InChI=1S/C31H52N2O28S2/c1-8-17(39)20(42)21(43)28(55-8)59-25-16(33-10(3)36)27(45)56-13(6-54-63(51,52)53)23(25)58-29-22(44)26(19(41)14(57-29)7-62(48,49)50)61-31(30(46)47)4-11(37)15(32-9(2)35)24(60-31)18(40)12(38)5-34/h8,11-29,34,37-45H,4-7H2,1-3H3,(H,32,35)(H,33,36)(H,46,47)(H,48,49,50)(H,51,52,53)/t8-,11-,12+,13+,14+,15+,16+,17+,18+,19-,20+,21-,22+,23+,24+,25+,26-,27+,28-,29-,31-/m0/s1. The molecule has 30 nitrogen and oxygen atoms in total. The van der Waals surface area contributed by atoms with Crippen molar-refractivity contribution in [1.29, 1.82) is 0 Å². The first-order valence-corrected chi connectivity index (χ1v) is 21.7. The number of nitrogens with one attached hydrogen (secondary N) is 2. The number of hydrogen-bond donors (Lipinski definition) is 15. The first-order valence-electron chi connectivity index (χ1n) is 18.7. The van der Waals surface area contributed by atoms with Gasteiger partial charge in [0, 0.05) is 20.3 Å². The van der Waals surface area contributed by atoms with E-state index in [-0.39, 0.29) is 0 Å². The number of amides is 2. The van der Waals surface area contributed by atoms with Crippen molar-refractivity contribution in [3.8, 4) is 0 Å². The van der Waals surface area contributed by atoms with Crippen LogP contribution < -0.4 is 10.6 Å². The number of ether oxygens (including phenoxy) is 7. The van der Waals surface area contributed by atoms with Gasteiger partial charge < -0.3 is 100.0 Å². The minimum atomic E-state index is -5.37. The van der Waals surface area contributed by atoms with E-state index in [4.69, 9.17) is 33.2 Å². The molecule has 4 aliphatic rings. The Hall–Kier alpha value is -2.49. The number of carboxylic acids is 1. The molecule has 0 saturated carbocycles. The Morgan fingerprint density at radius 1 is 0.762 bits per heavy atom. The summed E-state index contributed by atoms with van der Waals surface area (Å²) in [6.07, 6.45) is -40.3. The van der Waals surface area contributed by atoms with E-state index in [0.29, 0.717) is 0 Å². The molecule has 21 atom stereocenters. The van der Waals surface area contributed by atoms with Crippen molar-refractivity contribution in [1.82, 2.24) is 10.6 Å². The van der Waals surface area contributed by atoms with E-state index < -0.39 is 192 Å². The highest BCUT2D eigenvalue weighted by atomic mass is 32.3. The van der Waals surface area contributed by atoms with Gasteiger partial charge >= 0.3 is 16.4 Å². The molecule has 4 aliphatic heterocycles. The highest BCUT2D eigenvalue weighted by Gasteiger charge is 2.61. The van der Waals surface area contributed by atoms with Crippen LogP contribution in [0, 0.1) is 0 Å². The van der Waals surface area contributed by atoms with Crippen molar-refractivity contribution in [2.45, 2.75) is 155 Å². The third-order valence-corrected chi connectivity index (χ3v) is 11.5. The Kier molecular flexibility index (Phi) is 17.7. The number of rotatable bonds is 17. The Labute approximate surface area is 356 Å². The fourth-order valence-corrected chi connectivity index (χ4v) is 8.32. The number of hydrogen-bond acceptors (Lipinski definition) is 25. The van der Waals surface area contributed by atoms with Crippen LogP contribution in [-0.4, -0.2) is 247 Å². The lowest BCUT2D eigenvalue weighted by Gasteiger charge is -2.51. The Balaban J connectivity index is 1.83. The molecule has 2 amide bonds. The van der Waals surface area contributed by atoms with E-state index in [2.05, 4.69) is 14.8 Å². The smallest absolute Gasteiger partial charge is 0.397 e. The molecule has 4 saturated heterocycles. The Morgan fingerprint density at radius 3 is 1.87 bits per heavy atom. The average molecular weight is 965 g/mol. The number of aliphatic hydroxyl groups is 10. The van der Waals surface area contributed by atoms with Gasteiger partial charge in [0.15, 0.2) is 18.9 Å². The minimum Gasteiger partial charge on any atom is -0.477 e. The molecule has 4 heterocycles. The lowest BCUT2D eigenvalue weighted by molar-refractivity contribution is -0.387. The summed E-state index contributed by atoms with van der Waals surface area (Å²) in [5.74, 6) is -8.94. The highest BCUT2D eigenvalue weighted by Crippen LogP contribution is 2.39. The SMILES string of the molecule is CC(=O)N[C@@H]1[C@@H](O[C@@H]2O[C@@H](C)[C@@H](O)[C@@H](O)[C@@H]2O)[C@H](O[C@@H]2O[C@H](CS(=O)(=O)O)[C@H](O)[C@H](O[C@]3(C(=O)O)C[C@H](O)[C@@H](NC(C)=O)[C@H]([C@H](O)[C@H](O)CO)O3)[C@H]2O)[C@@H](COS(=O)(=O)O)O[C@H]1O. The summed E-state index contributed by atoms with van der Waals surface area (Å²) in [4.78, 5) is 37.3. The minimum absolute atomic E-state index is 0.874. The van der Waals surface area contributed by atoms with Crippen LogP contribution >= 0.6 is 0 Å². The zero-order valence-electron chi connectivity index (χ0n) is 33.1. The fraction of sp³-hybridized carbons (Fsp3) is 0.903. The monoisotopic (exact) mass is 964 g/mol. The molecule has 32 heteroatoms. The van der Waals surface area contributed by atoms with Gasteiger partial charge in [0.05, 0.1) is 31.5 Å². The third-order valence-electron chi connectivity index (χ3n) is 10.3. The van der Waals surface area contributed by atoms with Crippen LogP contribution in [0.15, 0.2) is 0 Å². The molecular weight excluding hydrogens is 912 g/mol. The second-order valence-corrected chi connectivity index (χ2v) is 17.7. The molecule has 0 radical (unpaired) electrons. The number of aliphatic carboxylic acids is 1. The van der Waals surface area contributed by atoms with E-state index >= 15 is 0 Å². The number of carboxylic acid groups (broad SMARTS) is 1. The van der Waals surface area contributed by atoms with Crippen LogP contribution in [0.2, 0.25) is 0 Å². The first-order chi connectivity index (χ1) is 29.0. The van der Waals surface area contributed by atoms with Crippen molar-refractivity contribution in [3.63, 3.8) is 0 Å². The second-order valence-electron chi connectivity index (χ2n) is 15.1. The van der Waals surface area contributed by atoms with Gasteiger partial charge in [0.25, 0.3) is 15.9 Å². The molecule has 366 valence electrons. The quantitative estimate of drug-likeness (QED) is 0.0602. The van der Waals surface area contributed by atoms with Gasteiger partial charge in [0.1, 0.15) is 91.1 Å². The van der Waals surface area contributed by atoms with Gasteiger partial charge in [0.2, 0.25) is 11.8 Å². The van der Waals surface area contributed by atoms with Crippen molar-refractivity contribution in [2.75, 3.05) is 19.0 Å². The topological polar surface area (TPSA) is 480 Å². The molecule has 4 fully saturated rings. The van der Waals surface area contributed by atoms with Crippen LogP contribution in [0.1, 0.15) is 27.2 Å². The van der Waals surface area contributed by atoms with E-state index in [9.17, 15) is 96.5 Å². The summed E-state index contributed by atoms with van der Waals surface area (Å²) in [6.45, 7) is 0.569. The molecule has 0 aromatic carbocycles. The maximum atomic E-state index is 13.0. The predicted octanol–water partition coefficient (Wildman–Crippen LogP) is -9.51. The lowest BCUT2D eigenvalue weighted by atomic mass is 9.88. The van der Waals surface area contributed by atoms with Crippen LogP contribution in [0.3, 0.4) is 0 Å². The largest absolute Gasteiger partial charge is 0.477 e. The second kappa shape index (κ2) is 21.0. The molecule has 0 spiro atoms. The number of carbonyl (C=O) groups excluding carboxylic acids is 2. The Morgan fingerprint density at radius 2 is 1.33 bits per heavy atom. The molecule has 0 unspecified atom stereocenters. The van der Waals surface area contributed by atoms with Crippen molar-refractivity contribution in [3.05, 3.63) is 0 Å². The summed E-state index contributed by atoms with van der Waals surface area (Å²) in [5, 5.41) is 122. The zero-order valence-corrected chi connectivity index (χ0v) is 34.8. The maximum Gasteiger partial charge on any atom is 0.397 e. The molecule has 0 aromatic heterocycles. The molecule has 63 heavy (non-hydrogen) atoms. The molecule has 0 aliphatic carbocycles. The van der Waals surface area contributed by atoms with Gasteiger partial charge in [-0.05, 0) is 6.92 Å². The van der Waals surface area contributed by atoms with E-state index in [1.807, 2.05) is 0 Å². The van der Waals surface area contributed by atoms with Gasteiger partial charge in [-0.15, -0.1) is 0 Å². The highest BCUT2D eigenvalue weighted by molar-refractivity contribution is 7.85. The zero-order chi connectivity index (χ0) is 47.7. The summed E-state index contributed by atoms with van der Waals surface area (Å²) in [6, 6.07) is -3.63. The molecule has 4 rings (SSSR count). The van der Waals surface area contributed by atoms with Gasteiger partial charge in [-0.2, -0.15) is 16.8 Å². The van der Waals surface area contributed by atoms with Crippen molar-refractivity contribution >= 4 is 38.3 Å². The maximum absolute atomic E-state index is 13.0. The van der Waals surface area contributed by atoms with Crippen LogP contribution in [0.4, 0.5) is 0 Å². The summed E-state index contributed by atoms with van der Waals surface area (Å²) in [7, 11) is -10.6. The molecule has 0 bridgehead atoms. The molecule has 15 N–H and O–H groups in total. The van der Waals surface area contributed by atoms with Gasteiger partial charge in [-0.3, -0.25) is 18.7 Å². The predicted molar refractivity (Wildman–Crippen MR) is 193 cm³/mol. The molecular formula is C31H52N2O28S2. The number of aliphatic hydroxyl groups excluding tert-OH is 10. The summed E-state index contributed by atoms with van der Waals surface area (Å²) in [5.41, 5.74) is 0. The third kappa shape index (κ3) is 12.9. The molecule has 0 aromatic rings. The number of carbonyl (C=O) groups is 3. The first kappa shape index (κ1) is 53.1. The fourth-order valence-electron chi connectivity index (χ4n) is 7.32. The summed E-state index contributed by atoms with van der Waals surface area (Å²) < 4.78 is 110. The van der Waals surface area contributed by atoms with Crippen molar-refractivity contribution in [2.24, 2.45) is 0 Å². The van der Waals surface area contributed by atoms with Gasteiger partial charge in [-0.1, -0.05) is 0 Å². The van der Waals surface area contributed by atoms with E-state index in [1.54, 1.807) is 0 Å². The average Bonchev–Trinajstić information content (AvgIpc) is 3.17. The van der Waals surface area contributed by atoms with E-state index in [0.717, 1.165) is 13.8 Å². The van der Waals surface area contributed by atoms with Crippen LogP contribution in [-0.2, 0) is 72.2 Å². The normalized spacial score (nSPS) is 42.5.